The van der Waals surface area contributed by atoms with Crippen LogP contribution in [0.1, 0.15) is 28.6 Å². The molecule has 11 heteroatoms. The van der Waals surface area contributed by atoms with Gasteiger partial charge in [0.15, 0.2) is 5.82 Å². The van der Waals surface area contributed by atoms with Crippen molar-refractivity contribution in [2.45, 2.75) is 24.0 Å². The quantitative estimate of drug-likeness (QED) is 0.145. The molecule has 0 saturated heterocycles. The van der Waals surface area contributed by atoms with Gasteiger partial charge in [-0.2, -0.15) is 0 Å². The molecule has 0 aliphatic rings. The van der Waals surface area contributed by atoms with Crippen LogP contribution in [0.15, 0.2) is 94.0 Å². The fraction of sp³-hybridized carbons (Fsp3) is 0.103. The lowest BCUT2D eigenvalue weighted by Gasteiger charge is -2.14. The second kappa shape index (κ2) is 13.3. The first-order chi connectivity index (χ1) is 19.2. The van der Waals surface area contributed by atoms with Crippen LogP contribution in [-0.4, -0.2) is 28.1 Å². The highest BCUT2D eigenvalue weighted by Crippen LogP contribution is 2.27. The predicted octanol–water partition coefficient (Wildman–Crippen LogP) is 6.82. The van der Waals surface area contributed by atoms with Gasteiger partial charge in [0.1, 0.15) is 11.5 Å². The summed E-state index contributed by atoms with van der Waals surface area (Å²) < 4.78 is 4.98. The fourth-order valence-electron chi connectivity index (χ4n) is 3.47. The van der Waals surface area contributed by atoms with E-state index in [1.807, 2.05) is 6.07 Å². The summed E-state index contributed by atoms with van der Waals surface area (Å²) in [5, 5.41) is 12.3. The Kier molecular flexibility index (Phi) is 9.65. The summed E-state index contributed by atoms with van der Waals surface area (Å²) in [5.41, 5.74) is 1.33. The van der Waals surface area contributed by atoms with Gasteiger partial charge in [0.25, 0.3) is 11.8 Å². The number of nitrogens with zero attached hydrogens (tertiary/aromatic N) is 1. The molecule has 1 heterocycles. The molecular formula is C29H24Cl2N4O4S. The Balaban J connectivity index is 1.50. The number of hydrogen-bond donors (Lipinski definition) is 3. The van der Waals surface area contributed by atoms with Gasteiger partial charge in [-0.1, -0.05) is 58.7 Å². The number of aromatic nitrogens is 1. The van der Waals surface area contributed by atoms with Gasteiger partial charge >= 0.3 is 0 Å². The smallest absolute Gasteiger partial charge is 0.272 e. The van der Waals surface area contributed by atoms with Crippen LogP contribution in [0.4, 0.5) is 11.5 Å². The Hall–Kier alpha value is -4.05. The van der Waals surface area contributed by atoms with E-state index >= 15 is 0 Å². The van der Waals surface area contributed by atoms with E-state index in [2.05, 4.69) is 21.1 Å². The van der Waals surface area contributed by atoms with Crippen molar-refractivity contribution in [1.29, 1.82) is 0 Å². The van der Waals surface area contributed by atoms with Gasteiger partial charge in [-0.05, 0) is 68.0 Å². The number of thioether (sulfide) groups is 1. The van der Waals surface area contributed by atoms with Crippen molar-refractivity contribution in [3.8, 4) is 0 Å². The van der Waals surface area contributed by atoms with Crippen LogP contribution >= 0.6 is 35.0 Å². The molecule has 3 amide bonds. The molecule has 40 heavy (non-hydrogen) atoms. The molecule has 0 bridgehead atoms. The monoisotopic (exact) mass is 594 g/mol. The zero-order valence-corrected chi connectivity index (χ0v) is 23.7. The molecule has 0 saturated carbocycles. The Morgan fingerprint density at radius 2 is 1.73 bits per heavy atom. The van der Waals surface area contributed by atoms with Gasteiger partial charge in [-0.15, -0.1) is 11.8 Å². The minimum absolute atomic E-state index is 0.0215. The van der Waals surface area contributed by atoms with Crippen molar-refractivity contribution in [3.63, 3.8) is 0 Å². The molecule has 4 rings (SSSR count). The third-order valence-corrected chi connectivity index (χ3v) is 7.10. The molecule has 8 nitrogen and oxygen atoms in total. The molecule has 204 valence electrons. The van der Waals surface area contributed by atoms with E-state index in [0.717, 1.165) is 4.90 Å². The third-order valence-electron chi connectivity index (χ3n) is 5.44. The van der Waals surface area contributed by atoms with Crippen molar-refractivity contribution < 1.29 is 18.9 Å². The molecule has 0 radical (unpaired) electrons. The van der Waals surface area contributed by atoms with E-state index in [1.54, 1.807) is 86.6 Å². The van der Waals surface area contributed by atoms with Crippen LogP contribution in [-0.2, 0) is 9.59 Å². The number of halogens is 2. The summed E-state index contributed by atoms with van der Waals surface area (Å²) in [4.78, 5) is 39.6. The third kappa shape index (κ3) is 7.98. The fourth-order valence-corrected chi connectivity index (χ4v) is 4.86. The van der Waals surface area contributed by atoms with Gasteiger partial charge in [0.05, 0.1) is 5.25 Å². The number of amides is 3. The topological polar surface area (TPSA) is 113 Å². The molecule has 0 spiro atoms. The number of carbonyl (C=O) groups is 3. The van der Waals surface area contributed by atoms with E-state index in [0.29, 0.717) is 38.4 Å². The van der Waals surface area contributed by atoms with Crippen LogP contribution in [0.5, 0.6) is 0 Å². The SMILES string of the molecule is Cc1cc(NC(=O)C(C)Sc2cccc(NC(=O)/C(=C\c3ccc(Cl)cc3Cl)NC(=O)c3ccccc3)c2)no1. The van der Waals surface area contributed by atoms with Gasteiger partial charge in [0, 0.05) is 32.3 Å². The lowest BCUT2D eigenvalue weighted by Crippen LogP contribution is -2.30. The number of carbonyl (C=O) groups excluding carboxylic acids is 3. The van der Waals surface area contributed by atoms with Crippen LogP contribution < -0.4 is 16.0 Å². The summed E-state index contributed by atoms with van der Waals surface area (Å²) in [6, 6.07) is 22.0. The number of nitrogens with one attached hydrogen (secondary N) is 3. The standard InChI is InChI=1S/C29H24Cl2N4O4S/c1-17-13-26(35-39-17)34-27(36)18(2)40-23-10-6-9-22(16-23)32-29(38)25(14-20-11-12-21(30)15-24(20)31)33-28(37)19-7-4-3-5-8-19/h3-16,18H,1-2H3,(H,32,38)(H,33,37)(H,34,35,36)/b25-14+. The molecule has 1 unspecified atom stereocenters. The Morgan fingerprint density at radius 3 is 2.42 bits per heavy atom. The van der Waals surface area contributed by atoms with Crippen LogP contribution in [0.25, 0.3) is 6.08 Å². The zero-order valence-electron chi connectivity index (χ0n) is 21.4. The van der Waals surface area contributed by atoms with Crippen molar-refractivity contribution in [2.75, 3.05) is 10.6 Å². The highest BCUT2D eigenvalue weighted by atomic mass is 35.5. The number of rotatable bonds is 9. The van der Waals surface area contributed by atoms with E-state index in [9.17, 15) is 14.4 Å². The predicted molar refractivity (Wildman–Crippen MR) is 159 cm³/mol. The van der Waals surface area contributed by atoms with Gasteiger partial charge in [-0.3, -0.25) is 14.4 Å². The molecule has 1 atom stereocenters. The molecule has 4 aromatic rings. The van der Waals surface area contributed by atoms with E-state index in [1.165, 1.54) is 17.8 Å². The lowest BCUT2D eigenvalue weighted by atomic mass is 10.1. The van der Waals surface area contributed by atoms with Gasteiger partial charge in [0.2, 0.25) is 5.91 Å². The largest absolute Gasteiger partial charge is 0.360 e. The average Bonchev–Trinajstić information content (AvgIpc) is 3.34. The maximum Gasteiger partial charge on any atom is 0.272 e. The van der Waals surface area contributed by atoms with E-state index < -0.39 is 17.1 Å². The maximum absolute atomic E-state index is 13.4. The van der Waals surface area contributed by atoms with Crippen LogP contribution in [0.2, 0.25) is 10.0 Å². The number of hydrogen-bond acceptors (Lipinski definition) is 6. The zero-order chi connectivity index (χ0) is 28.6. The Labute approximate surface area is 245 Å². The van der Waals surface area contributed by atoms with E-state index in [4.69, 9.17) is 27.7 Å². The number of aryl methyl sites for hydroxylation is 1. The first-order valence-electron chi connectivity index (χ1n) is 12.0. The first kappa shape index (κ1) is 28.9. The average molecular weight is 596 g/mol. The summed E-state index contributed by atoms with van der Waals surface area (Å²) in [6.45, 7) is 3.49. The first-order valence-corrected chi connectivity index (χ1v) is 13.7. The highest BCUT2D eigenvalue weighted by Gasteiger charge is 2.18. The van der Waals surface area contributed by atoms with Crippen molar-refractivity contribution in [3.05, 3.63) is 111 Å². The summed E-state index contributed by atoms with van der Waals surface area (Å²) in [7, 11) is 0. The minimum Gasteiger partial charge on any atom is -0.360 e. The van der Waals surface area contributed by atoms with Gasteiger partial charge in [-0.25, -0.2) is 0 Å². The molecular weight excluding hydrogens is 571 g/mol. The van der Waals surface area contributed by atoms with Crippen LogP contribution in [0, 0.1) is 6.92 Å². The summed E-state index contributed by atoms with van der Waals surface area (Å²) in [5.74, 6) is -0.344. The highest BCUT2D eigenvalue weighted by molar-refractivity contribution is 8.00. The van der Waals surface area contributed by atoms with Crippen molar-refractivity contribution in [2.24, 2.45) is 0 Å². The van der Waals surface area contributed by atoms with Gasteiger partial charge < -0.3 is 20.5 Å². The molecule has 3 aromatic carbocycles. The molecule has 1 aromatic heterocycles. The van der Waals surface area contributed by atoms with Crippen molar-refractivity contribution >= 4 is 70.3 Å². The molecule has 3 N–H and O–H groups in total. The Bertz CT molecular complexity index is 1570. The molecule has 0 aliphatic heterocycles. The van der Waals surface area contributed by atoms with Crippen molar-refractivity contribution in [1.82, 2.24) is 10.5 Å². The second-order valence-corrected chi connectivity index (χ2v) is 10.9. The number of benzene rings is 3. The summed E-state index contributed by atoms with van der Waals surface area (Å²) in [6.07, 6.45) is 1.48. The second-order valence-electron chi connectivity index (χ2n) is 8.60. The van der Waals surface area contributed by atoms with E-state index in [-0.39, 0.29) is 11.6 Å². The summed E-state index contributed by atoms with van der Waals surface area (Å²) >= 11 is 13.6. The lowest BCUT2D eigenvalue weighted by molar-refractivity contribution is -0.115. The Morgan fingerprint density at radius 1 is 0.950 bits per heavy atom. The van der Waals surface area contributed by atoms with Crippen LogP contribution in [0.3, 0.4) is 0 Å². The maximum atomic E-state index is 13.4. The minimum atomic E-state index is -0.565. The normalized spacial score (nSPS) is 11.9. The number of anilines is 2. The molecule has 0 fully saturated rings. The molecule has 0 aliphatic carbocycles.